The molecule has 0 saturated carbocycles. The molecule has 0 saturated heterocycles. The Morgan fingerprint density at radius 2 is 1.84 bits per heavy atom. The fourth-order valence-corrected chi connectivity index (χ4v) is 4.33. The van der Waals surface area contributed by atoms with E-state index in [1.165, 1.54) is 28.3 Å². The number of fused-ring (bicyclic) bond motifs is 4. The molecule has 1 aliphatic heterocycles. The van der Waals surface area contributed by atoms with Crippen LogP contribution >= 0.6 is 0 Å². The molecule has 164 valence electrons. The molecule has 1 amide bonds. The van der Waals surface area contributed by atoms with E-state index in [0.29, 0.717) is 46.8 Å². The highest BCUT2D eigenvalue weighted by Crippen LogP contribution is 2.54. The maximum atomic E-state index is 14.2. The first kappa shape index (κ1) is 21.0. The van der Waals surface area contributed by atoms with Crippen molar-refractivity contribution in [3.63, 3.8) is 0 Å². The lowest BCUT2D eigenvalue weighted by atomic mass is 9.90. The van der Waals surface area contributed by atoms with E-state index >= 15 is 0 Å². The highest BCUT2D eigenvalue weighted by atomic mass is 19.3. The second-order valence-electron chi connectivity index (χ2n) is 7.50. The highest BCUT2D eigenvalue weighted by Gasteiger charge is 2.45. The van der Waals surface area contributed by atoms with E-state index in [4.69, 9.17) is 18.9 Å². The summed E-state index contributed by atoms with van der Waals surface area (Å²) >= 11 is 0. The van der Waals surface area contributed by atoms with Crippen molar-refractivity contribution in [3.05, 3.63) is 41.5 Å². The largest absolute Gasteiger partial charge is 0.493 e. The number of ether oxygens (including phenoxy) is 4. The van der Waals surface area contributed by atoms with E-state index in [1.807, 2.05) is 6.07 Å². The molecule has 0 spiro atoms. The molecule has 0 radical (unpaired) electrons. The lowest BCUT2D eigenvalue weighted by Gasteiger charge is -2.21. The Balaban J connectivity index is 2.04. The number of alkyl halides is 2. The fourth-order valence-electron chi connectivity index (χ4n) is 4.33. The molecule has 31 heavy (non-hydrogen) atoms. The van der Waals surface area contributed by atoms with Crippen molar-refractivity contribution in [2.24, 2.45) is 0 Å². The van der Waals surface area contributed by atoms with Gasteiger partial charge in [-0.2, -0.15) is 8.78 Å². The fraction of sp³-hybridized carbons (Fsp3) is 0.348. The van der Waals surface area contributed by atoms with Gasteiger partial charge in [0, 0.05) is 18.1 Å². The number of nitrogens with one attached hydrogen (secondary N) is 1. The Kier molecular flexibility index (Phi) is 5.03. The highest BCUT2D eigenvalue weighted by molar-refractivity contribution is 5.88. The van der Waals surface area contributed by atoms with Crippen LogP contribution in [-0.4, -0.2) is 33.3 Å². The molecular weight excluding hydrogens is 408 g/mol. The lowest BCUT2D eigenvalue weighted by Crippen LogP contribution is -2.26. The van der Waals surface area contributed by atoms with Gasteiger partial charge in [-0.3, -0.25) is 4.79 Å². The van der Waals surface area contributed by atoms with Crippen molar-refractivity contribution in [1.29, 1.82) is 0 Å². The van der Waals surface area contributed by atoms with Gasteiger partial charge in [-0.25, -0.2) is 0 Å². The third kappa shape index (κ3) is 3.26. The normalized spacial score (nSPS) is 18.1. The molecule has 2 aliphatic rings. The molecule has 2 aromatic carbocycles. The Morgan fingerprint density at radius 1 is 1.13 bits per heavy atom. The van der Waals surface area contributed by atoms with Gasteiger partial charge in [0.25, 0.3) is 0 Å². The van der Waals surface area contributed by atoms with Gasteiger partial charge in [-0.15, -0.1) is 0 Å². The Hall–Kier alpha value is -3.29. The second kappa shape index (κ2) is 7.44. The number of benzene rings is 2. The first-order valence-corrected chi connectivity index (χ1v) is 9.75. The van der Waals surface area contributed by atoms with Gasteiger partial charge in [0.05, 0.1) is 32.9 Å². The summed E-state index contributed by atoms with van der Waals surface area (Å²) in [5, 5.41) is 2.92. The van der Waals surface area contributed by atoms with Crippen LogP contribution in [0.25, 0.3) is 16.7 Å². The maximum absolute atomic E-state index is 14.2. The number of rotatable bonds is 4. The number of carbonyl (C=O) groups excluding carboxylic acids is 1. The predicted octanol–water partition coefficient (Wildman–Crippen LogP) is 4.50. The second-order valence-corrected chi connectivity index (χ2v) is 7.50. The van der Waals surface area contributed by atoms with Gasteiger partial charge < -0.3 is 24.3 Å². The average Bonchev–Trinajstić information content (AvgIpc) is 2.86. The molecule has 1 atom stereocenters. The molecule has 4 rings (SSSR count). The zero-order valence-corrected chi connectivity index (χ0v) is 17.7. The molecule has 6 nitrogen and oxygen atoms in total. The van der Waals surface area contributed by atoms with Crippen LogP contribution < -0.4 is 24.3 Å². The number of methoxy groups -OCH3 is 3. The zero-order valence-electron chi connectivity index (χ0n) is 17.7. The van der Waals surface area contributed by atoms with Crippen molar-refractivity contribution >= 4 is 11.5 Å². The summed E-state index contributed by atoms with van der Waals surface area (Å²) in [6.45, 7) is 4.95. The average molecular weight is 431 g/mol. The quantitative estimate of drug-likeness (QED) is 0.772. The van der Waals surface area contributed by atoms with Crippen LogP contribution in [0.5, 0.6) is 23.0 Å². The first-order chi connectivity index (χ1) is 14.7. The van der Waals surface area contributed by atoms with Gasteiger partial charge in [-0.1, -0.05) is 6.58 Å². The molecule has 8 heteroatoms. The Bertz CT molecular complexity index is 1100. The van der Waals surface area contributed by atoms with Crippen molar-refractivity contribution < 1.29 is 32.5 Å². The van der Waals surface area contributed by atoms with Crippen LogP contribution in [0, 0.1) is 0 Å². The third-order valence-electron chi connectivity index (χ3n) is 5.70. The standard InChI is InChI=1S/C23H23F2NO5/c1-11-14-9-16-15(10-18(14)31-23(11,24)25)17(26-12(2)27)7-6-13-8-19(28-3)21(29-4)22(30-5)20(13)16/h8-10,17H,1,6-7H2,2-5H3,(H,26,27)/t17-/m0/s1. The lowest BCUT2D eigenvalue weighted by molar-refractivity contribution is -0.119. The first-order valence-electron chi connectivity index (χ1n) is 9.75. The van der Waals surface area contributed by atoms with Crippen LogP contribution in [0.2, 0.25) is 0 Å². The van der Waals surface area contributed by atoms with Crippen molar-refractivity contribution in [3.8, 4) is 34.1 Å². The predicted molar refractivity (Wildman–Crippen MR) is 111 cm³/mol. The molecule has 0 bridgehead atoms. The van der Waals surface area contributed by atoms with E-state index in [1.54, 1.807) is 12.1 Å². The summed E-state index contributed by atoms with van der Waals surface area (Å²) in [7, 11) is 4.55. The van der Waals surface area contributed by atoms with E-state index in [9.17, 15) is 13.6 Å². The van der Waals surface area contributed by atoms with Crippen molar-refractivity contribution in [2.45, 2.75) is 31.9 Å². The molecule has 1 aliphatic carbocycles. The molecule has 1 N–H and O–H groups in total. The molecule has 0 aromatic heterocycles. The van der Waals surface area contributed by atoms with E-state index in [2.05, 4.69) is 11.9 Å². The van der Waals surface area contributed by atoms with Gasteiger partial charge in [0.15, 0.2) is 11.5 Å². The molecule has 0 unspecified atom stereocenters. The minimum atomic E-state index is -3.49. The number of aryl methyl sites for hydroxylation is 1. The number of amides is 1. The van der Waals surface area contributed by atoms with E-state index < -0.39 is 17.7 Å². The van der Waals surface area contributed by atoms with Crippen LogP contribution in [0.15, 0.2) is 24.8 Å². The smallest absolute Gasteiger partial charge is 0.426 e. The maximum Gasteiger partial charge on any atom is 0.426 e. The van der Waals surface area contributed by atoms with Crippen LogP contribution in [0.1, 0.15) is 36.1 Å². The summed E-state index contributed by atoms with van der Waals surface area (Å²) in [6.07, 6.45) is -2.35. The van der Waals surface area contributed by atoms with Crippen molar-refractivity contribution in [1.82, 2.24) is 5.32 Å². The van der Waals surface area contributed by atoms with E-state index in [0.717, 1.165) is 5.56 Å². The number of carbonyl (C=O) groups is 1. The van der Waals surface area contributed by atoms with Gasteiger partial charge >= 0.3 is 6.11 Å². The Morgan fingerprint density at radius 3 is 2.45 bits per heavy atom. The van der Waals surface area contributed by atoms with Gasteiger partial charge in [0.2, 0.25) is 11.7 Å². The van der Waals surface area contributed by atoms with Gasteiger partial charge in [0.1, 0.15) is 5.75 Å². The summed E-state index contributed by atoms with van der Waals surface area (Å²) in [5.74, 6) is 1.14. The summed E-state index contributed by atoms with van der Waals surface area (Å²) < 4.78 is 50.0. The number of hydrogen-bond donors (Lipinski definition) is 1. The third-order valence-corrected chi connectivity index (χ3v) is 5.70. The monoisotopic (exact) mass is 431 g/mol. The zero-order chi connectivity index (χ0) is 22.5. The number of hydrogen-bond acceptors (Lipinski definition) is 5. The van der Waals surface area contributed by atoms with Crippen LogP contribution in [-0.2, 0) is 11.2 Å². The number of halogens is 2. The van der Waals surface area contributed by atoms with Gasteiger partial charge in [-0.05, 0) is 47.7 Å². The minimum absolute atomic E-state index is 0.0343. The molecule has 1 heterocycles. The minimum Gasteiger partial charge on any atom is -0.493 e. The van der Waals surface area contributed by atoms with Crippen molar-refractivity contribution in [2.75, 3.05) is 21.3 Å². The molecular formula is C23H23F2NO5. The Labute approximate surface area is 178 Å². The summed E-state index contributed by atoms with van der Waals surface area (Å²) in [5.41, 5.74) is 2.70. The molecule has 0 fully saturated rings. The topological polar surface area (TPSA) is 66.0 Å². The summed E-state index contributed by atoms with van der Waals surface area (Å²) in [4.78, 5) is 11.9. The SMILES string of the molecule is C=C1c2cc3c(cc2OC1(F)F)[C@@H](NC(C)=O)CCc1cc(OC)c(OC)c(OC)c1-3. The van der Waals surface area contributed by atoms with Crippen LogP contribution in [0.4, 0.5) is 8.78 Å². The van der Waals surface area contributed by atoms with Crippen LogP contribution in [0.3, 0.4) is 0 Å². The van der Waals surface area contributed by atoms with E-state index in [-0.39, 0.29) is 17.2 Å². The molecule has 2 aromatic rings. The summed E-state index contributed by atoms with van der Waals surface area (Å²) in [6, 6.07) is 4.63.